The number of rotatable bonds is 2. The summed E-state index contributed by atoms with van der Waals surface area (Å²) in [7, 11) is 0. The van der Waals surface area contributed by atoms with Crippen LogP contribution in [0.1, 0.15) is 45.9 Å². The zero-order valence-electron chi connectivity index (χ0n) is 14.8. The molecule has 1 atom stereocenters. The van der Waals surface area contributed by atoms with Crippen molar-refractivity contribution in [2.45, 2.75) is 18.9 Å². The van der Waals surface area contributed by atoms with Crippen LogP contribution in [0.4, 0.5) is 14.5 Å². The number of hydrogen-bond acceptors (Lipinski definition) is 4. The SMILES string of the molecule is N#Cc1ccc(Cl)c(C2CC(=O)c3c(cc(F)c(C4=CCNCC4)c3F)N2)c1. The van der Waals surface area contributed by atoms with Gasteiger partial charge in [0, 0.05) is 23.6 Å². The van der Waals surface area contributed by atoms with E-state index < -0.39 is 23.5 Å². The average molecular weight is 400 g/mol. The molecule has 142 valence electrons. The summed E-state index contributed by atoms with van der Waals surface area (Å²) in [5.41, 5.74) is 1.36. The smallest absolute Gasteiger partial charge is 0.170 e. The molecule has 2 heterocycles. The van der Waals surface area contributed by atoms with Gasteiger partial charge in [-0.25, -0.2) is 8.78 Å². The molecule has 2 aliphatic rings. The molecule has 4 nitrogen and oxygen atoms in total. The van der Waals surface area contributed by atoms with Gasteiger partial charge in [-0.15, -0.1) is 0 Å². The van der Waals surface area contributed by atoms with Gasteiger partial charge in [-0.2, -0.15) is 5.26 Å². The highest BCUT2D eigenvalue weighted by atomic mass is 35.5. The lowest BCUT2D eigenvalue weighted by Gasteiger charge is -2.29. The fourth-order valence-electron chi connectivity index (χ4n) is 3.74. The molecule has 0 saturated carbocycles. The minimum absolute atomic E-state index is 0.0375. The summed E-state index contributed by atoms with van der Waals surface area (Å²) in [4.78, 5) is 12.8. The van der Waals surface area contributed by atoms with Gasteiger partial charge in [-0.3, -0.25) is 4.79 Å². The van der Waals surface area contributed by atoms with E-state index in [9.17, 15) is 9.18 Å². The van der Waals surface area contributed by atoms with Crippen molar-refractivity contribution in [2.75, 3.05) is 18.4 Å². The molecule has 1 unspecified atom stereocenters. The number of nitrogens with zero attached hydrogens (tertiary/aromatic N) is 1. The van der Waals surface area contributed by atoms with Crippen LogP contribution in [0, 0.1) is 23.0 Å². The number of nitriles is 1. The van der Waals surface area contributed by atoms with Crippen LogP contribution in [-0.2, 0) is 0 Å². The first-order chi connectivity index (χ1) is 13.5. The van der Waals surface area contributed by atoms with Crippen LogP contribution in [-0.4, -0.2) is 18.9 Å². The number of nitrogens with one attached hydrogen (secondary N) is 2. The molecule has 0 aromatic heterocycles. The third-order valence-electron chi connectivity index (χ3n) is 5.10. The molecule has 0 spiro atoms. The molecular formula is C21H16ClF2N3O. The number of anilines is 1. The quantitative estimate of drug-likeness (QED) is 0.774. The highest BCUT2D eigenvalue weighted by molar-refractivity contribution is 6.31. The number of hydrogen-bond donors (Lipinski definition) is 2. The molecule has 0 amide bonds. The van der Waals surface area contributed by atoms with E-state index in [-0.39, 0.29) is 23.2 Å². The Balaban J connectivity index is 1.77. The lowest BCUT2D eigenvalue weighted by Crippen LogP contribution is -2.26. The number of fused-ring (bicyclic) bond motifs is 1. The van der Waals surface area contributed by atoms with E-state index in [0.29, 0.717) is 41.2 Å². The Morgan fingerprint density at radius 3 is 2.75 bits per heavy atom. The number of benzene rings is 2. The Morgan fingerprint density at radius 1 is 1.21 bits per heavy atom. The molecule has 0 saturated heterocycles. The predicted molar refractivity (Wildman–Crippen MR) is 103 cm³/mol. The van der Waals surface area contributed by atoms with Gasteiger partial charge in [0.05, 0.1) is 28.9 Å². The zero-order valence-corrected chi connectivity index (χ0v) is 15.5. The molecule has 0 aliphatic carbocycles. The van der Waals surface area contributed by atoms with Crippen molar-refractivity contribution in [2.24, 2.45) is 0 Å². The van der Waals surface area contributed by atoms with Crippen LogP contribution in [0.3, 0.4) is 0 Å². The third kappa shape index (κ3) is 3.17. The fraction of sp³-hybridized carbons (Fsp3) is 0.238. The Kier molecular flexibility index (Phi) is 4.88. The summed E-state index contributed by atoms with van der Waals surface area (Å²) in [6.45, 7) is 1.16. The maximum absolute atomic E-state index is 15.1. The van der Waals surface area contributed by atoms with Gasteiger partial charge < -0.3 is 10.6 Å². The average Bonchev–Trinajstić information content (AvgIpc) is 2.68. The summed E-state index contributed by atoms with van der Waals surface area (Å²) < 4.78 is 29.9. The number of ketones is 1. The Hall–Kier alpha value is -2.75. The van der Waals surface area contributed by atoms with Gasteiger partial charge in [-0.1, -0.05) is 17.7 Å². The van der Waals surface area contributed by atoms with Crippen LogP contribution >= 0.6 is 11.6 Å². The molecule has 0 fully saturated rings. The molecule has 2 aromatic rings. The minimum atomic E-state index is -0.823. The summed E-state index contributed by atoms with van der Waals surface area (Å²) in [5.74, 6) is -1.95. The van der Waals surface area contributed by atoms with Gasteiger partial charge in [-0.05, 0) is 48.4 Å². The van der Waals surface area contributed by atoms with E-state index in [1.807, 2.05) is 6.07 Å². The standard InChI is InChI=1S/C21H16ClF2N3O/c22-14-2-1-11(10-25)7-13(14)16-9-18(28)20-17(27-16)8-15(23)19(21(20)24)12-3-5-26-6-4-12/h1-3,7-8,16,26-27H,4-6,9H2. The van der Waals surface area contributed by atoms with Gasteiger partial charge in [0.25, 0.3) is 0 Å². The summed E-state index contributed by atoms with van der Waals surface area (Å²) in [6, 6.07) is 7.36. The molecule has 0 radical (unpaired) electrons. The van der Waals surface area contributed by atoms with Crippen LogP contribution in [0.2, 0.25) is 5.02 Å². The first-order valence-electron chi connectivity index (χ1n) is 8.91. The molecule has 4 rings (SSSR count). The van der Waals surface area contributed by atoms with Crippen LogP contribution in [0.15, 0.2) is 30.3 Å². The first-order valence-corrected chi connectivity index (χ1v) is 9.28. The molecule has 2 aliphatic heterocycles. The second kappa shape index (κ2) is 7.34. The molecular weight excluding hydrogens is 384 g/mol. The Labute approximate surface area is 165 Å². The minimum Gasteiger partial charge on any atom is -0.377 e. The van der Waals surface area contributed by atoms with E-state index in [2.05, 4.69) is 10.6 Å². The number of halogens is 3. The van der Waals surface area contributed by atoms with E-state index in [4.69, 9.17) is 16.9 Å². The van der Waals surface area contributed by atoms with E-state index in [0.717, 1.165) is 0 Å². The largest absolute Gasteiger partial charge is 0.377 e. The maximum atomic E-state index is 15.1. The lowest BCUT2D eigenvalue weighted by molar-refractivity contribution is 0.0968. The molecule has 2 aromatic carbocycles. The predicted octanol–water partition coefficient (Wildman–Crippen LogP) is 4.61. The summed E-state index contributed by atoms with van der Waals surface area (Å²) >= 11 is 6.23. The molecule has 7 heteroatoms. The van der Waals surface area contributed by atoms with E-state index in [1.54, 1.807) is 24.3 Å². The molecule has 2 N–H and O–H groups in total. The molecule has 28 heavy (non-hydrogen) atoms. The topological polar surface area (TPSA) is 64.9 Å². The van der Waals surface area contributed by atoms with Crippen LogP contribution in [0.25, 0.3) is 5.57 Å². The highest BCUT2D eigenvalue weighted by Gasteiger charge is 2.33. The van der Waals surface area contributed by atoms with Crippen molar-refractivity contribution in [3.63, 3.8) is 0 Å². The van der Waals surface area contributed by atoms with Gasteiger partial charge in [0.2, 0.25) is 0 Å². The van der Waals surface area contributed by atoms with Gasteiger partial charge >= 0.3 is 0 Å². The van der Waals surface area contributed by atoms with Gasteiger partial charge in [0.15, 0.2) is 5.78 Å². The van der Waals surface area contributed by atoms with Crippen LogP contribution in [0.5, 0.6) is 0 Å². The van der Waals surface area contributed by atoms with Crippen molar-refractivity contribution in [3.05, 3.63) is 69.3 Å². The molecule has 0 bridgehead atoms. The highest BCUT2D eigenvalue weighted by Crippen LogP contribution is 2.40. The normalized spacial score (nSPS) is 18.7. The van der Waals surface area contributed by atoms with E-state index in [1.165, 1.54) is 6.07 Å². The first kappa shape index (κ1) is 18.6. The monoisotopic (exact) mass is 399 g/mol. The van der Waals surface area contributed by atoms with E-state index >= 15 is 4.39 Å². The second-order valence-corrected chi connectivity index (χ2v) is 7.23. The fourth-order valence-corrected chi connectivity index (χ4v) is 3.99. The van der Waals surface area contributed by atoms with Gasteiger partial charge in [0.1, 0.15) is 11.6 Å². The van der Waals surface area contributed by atoms with Crippen molar-refractivity contribution < 1.29 is 13.6 Å². The third-order valence-corrected chi connectivity index (χ3v) is 5.45. The Bertz CT molecular complexity index is 1060. The number of carbonyl (C=O) groups excluding carboxylic acids is 1. The summed E-state index contributed by atoms with van der Waals surface area (Å²) in [6.07, 6.45) is 2.20. The van der Waals surface area contributed by atoms with Crippen molar-refractivity contribution >= 4 is 28.6 Å². The number of carbonyl (C=O) groups is 1. The maximum Gasteiger partial charge on any atom is 0.170 e. The van der Waals surface area contributed by atoms with Crippen molar-refractivity contribution in [1.82, 2.24) is 5.32 Å². The Morgan fingerprint density at radius 2 is 2.04 bits per heavy atom. The van der Waals surface area contributed by atoms with Crippen molar-refractivity contribution in [3.8, 4) is 6.07 Å². The zero-order chi connectivity index (χ0) is 19.8. The summed E-state index contributed by atoms with van der Waals surface area (Å²) in [5, 5.41) is 15.6. The second-order valence-electron chi connectivity index (χ2n) is 6.83. The van der Waals surface area contributed by atoms with Crippen molar-refractivity contribution in [1.29, 1.82) is 5.26 Å². The number of Topliss-reactive ketones (excluding diaryl/α,β-unsaturated/α-hetero) is 1. The van der Waals surface area contributed by atoms with Crippen LogP contribution < -0.4 is 10.6 Å². The lowest BCUT2D eigenvalue weighted by atomic mass is 9.88.